The largest absolute Gasteiger partial charge is 0.493 e. The van der Waals surface area contributed by atoms with Crippen molar-refractivity contribution in [1.82, 2.24) is 25.1 Å². The Labute approximate surface area is 267 Å². The molecule has 1 aromatic heterocycles. The highest BCUT2D eigenvalue weighted by molar-refractivity contribution is 6.20. The Hall–Kier alpha value is -5.04. The molecule has 3 aliphatic heterocycles. The van der Waals surface area contributed by atoms with E-state index in [0.717, 1.165) is 42.6 Å². The Balaban J connectivity index is 1.07. The number of halogens is 1. The average molecular weight is 628 g/mol. The summed E-state index contributed by atoms with van der Waals surface area (Å²) < 4.78 is 33.7. The number of hydrogen-bond donors (Lipinski definition) is 3. The monoisotopic (exact) mass is 627 g/mol. The first-order chi connectivity index (χ1) is 22.5. The van der Waals surface area contributed by atoms with Crippen LogP contribution in [0.4, 0.5) is 27.7 Å². The lowest BCUT2D eigenvalue weighted by Crippen LogP contribution is -2.44. The fourth-order valence-electron chi connectivity index (χ4n) is 6.77. The molecule has 13 heteroatoms. The Morgan fingerprint density at radius 3 is 2.50 bits per heavy atom. The number of methoxy groups -OCH3 is 3. The minimum atomic E-state index is -0.283. The molecule has 0 spiro atoms. The highest BCUT2D eigenvalue weighted by Crippen LogP contribution is 2.44. The van der Waals surface area contributed by atoms with E-state index in [2.05, 4.69) is 35.7 Å². The summed E-state index contributed by atoms with van der Waals surface area (Å²) in [6, 6.07) is 7.63. The molecule has 46 heavy (non-hydrogen) atoms. The molecule has 1 aliphatic carbocycles. The molecule has 0 amide bonds. The van der Waals surface area contributed by atoms with Gasteiger partial charge in [0, 0.05) is 30.4 Å². The number of nitrogens with two attached hydrogens (primary N) is 1. The van der Waals surface area contributed by atoms with Gasteiger partial charge in [-0.2, -0.15) is 14.8 Å². The van der Waals surface area contributed by atoms with Crippen molar-refractivity contribution in [2.24, 2.45) is 5.10 Å². The molecule has 2 aromatic carbocycles. The maximum atomic E-state index is 15.3. The number of aromatic nitrogens is 3. The van der Waals surface area contributed by atoms with Gasteiger partial charge in [-0.15, -0.1) is 5.10 Å². The minimum absolute atomic E-state index is 0.131. The smallest absolute Gasteiger partial charge is 0.248 e. The van der Waals surface area contributed by atoms with E-state index in [9.17, 15) is 0 Å². The predicted molar refractivity (Wildman–Crippen MR) is 177 cm³/mol. The zero-order chi connectivity index (χ0) is 31.8. The molecule has 2 fully saturated rings. The molecular formula is C33H38FN9O3. The summed E-state index contributed by atoms with van der Waals surface area (Å²) in [5, 5.41) is 12.3. The first-order valence-corrected chi connectivity index (χ1v) is 15.5. The van der Waals surface area contributed by atoms with E-state index in [4.69, 9.17) is 19.9 Å². The van der Waals surface area contributed by atoms with E-state index in [1.165, 1.54) is 36.7 Å². The van der Waals surface area contributed by atoms with Crippen molar-refractivity contribution in [3.63, 3.8) is 0 Å². The number of likely N-dealkylation sites (tertiary alicyclic amines) is 1. The SMILES string of the molecule is COc1cc2c(c(OC)c1OC)C1=NNC(n3nc(Nc4ccc(N5CCC(N6CCCC6)CC5)c(F)c4)nc3N)=CC1=CC=C2. The summed E-state index contributed by atoms with van der Waals surface area (Å²) >= 11 is 0. The van der Waals surface area contributed by atoms with Crippen LogP contribution in [0.1, 0.15) is 36.8 Å². The Morgan fingerprint density at radius 1 is 1.00 bits per heavy atom. The summed E-state index contributed by atoms with van der Waals surface area (Å²) in [4.78, 5) is 9.10. The quantitative estimate of drug-likeness (QED) is 0.326. The van der Waals surface area contributed by atoms with Crippen molar-refractivity contribution >= 4 is 40.9 Å². The van der Waals surface area contributed by atoms with Crippen LogP contribution in [-0.4, -0.2) is 78.9 Å². The van der Waals surface area contributed by atoms with Gasteiger partial charge in [-0.05, 0) is 74.7 Å². The Bertz CT molecular complexity index is 1770. The van der Waals surface area contributed by atoms with Gasteiger partial charge in [-0.25, -0.2) is 4.39 Å². The second-order valence-corrected chi connectivity index (χ2v) is 11.7. The Kier molecular flexibility index (Phi) is 7.99. The molecule has 4 aliphatic rings. The third-order valence-electron chi connectivity index (χ3n) is 9.02. The Morgan fingerprint density at radius 2 is 1.78 bits per heavy atom. The third-order valence-corrected chi connectivity index (χ3v) is 9.02. The van der Waals surface area contributed by atoms with Crippen molar-refractivity contribution in [2.75, 3.05) is 63.5 Å². The predicted octanol–water partition coefficient (Wildman–Crippen LogP) is 4.59. The van der Waals surface area contributed by atoms with Crippen molar-refractivity contribution in [2.45, 2.75) is 31.7 Å². The highest BCUT2D eigenvalue weighted by atomic mass is 19.1. The molecule has 240 valence electrons. The average Bonchev–Trinajstić information content (AvgIpc) is 3.70. The van der Waals surface area contributed by atoms with Crippen LogP contribution in [0.2, 0.25) is 0 Å². The number of piperidine rings is 1. The number of hydrogen-bond acceptors (Lipinski definition) is 11. The number of allylic oxidation sites excluding steroid dienone is 4. The number of rotatable bonds is 8. The number of nitrogens with one attached hydrogen (secondary N) is 2. The van der Waals surface area contributed by atoms with Gasteiger partial charge in [0.2, 0.25) is 17.6 Å². The van der Waals surface area contributed by atoms with E-state index in [0.29, 0.717) is 46.2 Å². The molecule has 4 N–H and O–H groups in total. The molecule has 3 aromatic rings. The van der Waals surface area contributed by atoms with Crippen molar-refractivity contribution in [3.05, 3.63) is 65.0 Å². The number of hydrazone groups is 1. The molecule has 4 heterocycles. The fraction of sp³-hybridized carbons (Fsp3) is 0.364. The van der Waals surface area contributed by atoms with Crippen LogP contribution in [0.3, 0.4) is 0 Å². The molecular weight excluding hydrogens is 589 g/mol. The van der Waals surface area contributed by atoms with Crippen LogP contribution in [-0.2, 0) is 0 Å². The highest BCUT2D eigenvalue weighted by Gasteiger charge is 2.29. The minimum Gasteiger partial charge on any atom is -0.493 e. The normalized spacial score (nSPS) is 18.1. The third kappa shape index (κ3) is 5.40. The summed E-state index contributed by atoms with van der Waals surface area (Å²) in [7, 11) is 4.73. The fourth-order valence-corrected chi connectivity index (χ4v) is 6.77. The van der Waals surface area contributed by atoms with Gasteiger partial charge in [0.15, 0.2) is 17.3 Å². The zero-order valence-electron chi connectivity index (χ0n) is 26.2. The van der Waals surface area contributed by atoms with Crippen LogP contribution in [0.5, 0.6) is 17.2 Å². The van der Waals surface area contributed by atoms with E-state index in [1.54, 1.807) is 21.3 Å². The number of nitrogen functional groups attached to an aromatic ring is 1. The van der Waals surface area contributed by atoms with Gasteiger partial charge in [0.1, 0.15) is 11.5 Å². The van der Waals surface area contributed by atoms with Crippen LogP contribution in [0, 0.1) is 5.82 Å². The second kappa shape index (κ2) is 12.4. The van der Waals surface area contributed by atoms with Crippen molar-refractivity contribution in [3.8, 4) is 17.2 Å². The van der Waals surface area contributed by atoms with E-state index >= 15 is 4.39 Å². The number of benzene rings is 2. The summed E-state index contributed by atoms with van der Waals surface area (Å²) in [6.07, 6.45) is 12.4. The molecule has 0 radical (unpaired) electrons. The van der Waals surface area contributed by atoms with Crippen LogP contribution in [0.15, 0.2) is 53.2 Å². The molecule has 0 bridgehead atoms. The summed E-state index contributed by atoms with van der Waals surface area (Å²) in [5.74, 6) is 2.09. The van der Waals surface area contributed by atoms with E-state index < -0.39 is 0 Å². The maximum absolute atomic E-state index is 15.3. The lowest BCUT2D eigenvalue weighted by Gasteiger charge is -2.37. The van der Waals surface area contributed by atoms with Gasteiger partial charge in [0.05, 0.1) is 32.6 Å². The van der Waals surface area contributed by atoms with E-state index in [1.807, 2.05) is 42.5 Å². The lowest BCUT2D eigenvalue weighted by atomic mass is 9.96. The first-order valence-electron chi connectivity index (χ1n) is 15.5. The number of ether oxygens (including phenoxy) is 3. The maximum Gasteiger partial charge on any atom is 0.248 e. The van der Waals surface area contributed by atoms with Gasteiger partial charge in [-0.1, -0.05) is 18.2 Å². The molecule has 2 saturated heterocycles. The number of anilines is 4. The van der Waals surface area contributed by atoms with Crippen molar-refractivity contribution < 1.29 is 18.6 Å². The van der Waals surface area contributed by atoms with Gasteiger partial charge in [-0.3, -0.25) is 5.43 Å². The molecule has 0 saturated carbocycles. The standard InChI is InChI=1S/C33H38FN9O3/c1-44-26-17-20-7-6-8-21-18-27(38-39-29(21)28(20)31(46-3)30(26)45-2)43-32(35)37-33(40-43)36-22-9-10-25(24(34)19-22)42-15-11-23(12-16-42)41-13-4-5-14-41/h6-10,17-19,23,38H,4-5,11-16H2,1-3H3,(H3,35,36,37,40). The van der Waals surface area contributed by atoms with Gasteiger partial charge < -0.3 is 35.1 Å². The zero-order valence-corrected chi connectivity index (χ0v) is 26.2. The number of nitrogens with zero attached hydrogens (tertiary/aromatic N) is 6. The second-order valence-electron chi connectivity index (χ2n) is 11.7. The van der Waals surface area contributed by atoms with E-state index in [-0.39, 0.29) is 17.7 Å². The first kappa shape index (κ1) is 29.7. The van der Waals surface area contributed by atoms with Gasteiger partial charge >= 0.3 is 0 Å². The molecule has 0 unspecified atom stereocenters. The molecule has 7 rings (SSSR count). The summed E-state index contributed by atoms with van der Waals surface area (Å²) in [6.45, 7) is 4.10. The lowest BCUT2D eigenvalue weighted by molar-refractivity contribution is 0.207. The summed E-state index contributed by atoms with van der Waals surface area (Å²) in [5.41, 5.74) is 13.5. The van der Waals surface area contributed by atoms with Crippen LogP contribution >= 0.6 is 0 Å². The topological polar surface area (TPSA) is 127 Å². The van der Waals surface area contributed by atoms with Gasteiger partial charge in [0.25, 0.3) is 0 Å². The number of fused-ring (bicyclic) bond motifs is 3. The van der Waals surface area contributed by atoms with Crippen LogP contribution in [0.25, 0.3) is 11.9 Å². The van der Waals surface area contributed by atoms with Crippen molar-refractivity contribution in [1.29, 1.82) is 0 Å². The molecule has 0 atom stereocenters. The van der Waals surface area contributed by atoms with Crippen LogP contribution < -0.4 is 35.6 Å². The molecule has 12 nitrogen and oxygen atoms in total.